The summed E-state index contributed by atoms with van der Waals surface area (Å²) in [5, 5.41) is 8.37. The van der Waals surface area contributed by atoms with E-state index in [2.05, 4.69) is 0 Å². The Bertz CT molecular complexity index is 452. The molecular formula is C13H16N2O3. The van der Waals surface area contributed by atoms with Gasteiger partial charge in [-0.25, -0.2) is 4.79 Å². The second kappa shape index (κ2) is 7.17. The van der Waals surface area contributed by atoms with E-state index < -0.39 is 5.97 Å². The van der Waals surface area contributed by atoms with Gasteiger partial charge in [0.2, 0.25) is 0 Å². The largest absolute Gasteiger partial charge is 0.496 e. The fraction of sp³-hybridized carbons (Fsp3) is 0.385. The van der Waals surface area contributed by atoms with Crippen LogP contribution in [-0.2, 0) is 4.74 Å². The standard InChI is InChI=1S/C13H16N2O3/c1-17-11-7-5-6-10(15)12(11)13(16)18-9-4-2-3-8-14/h5-7H,2-4,9,15H2,1H3. The van der Waals surface area contributed by atoms with Crippen LogP contribution in [0.4, 0.5) is 5.69 Å². The number of hydrogen-bond acceptors (Lipinski definition) is 5. The molecule has 1 aromatic carbocycles. The molecule has 0 aliphatic heterocycles. The van der Waals surface area contributed by atoms with Crippen molar-refractivity contribution in [1.82, 2.24) is 0 Å². The summed E-state index contributed by atoms with van der Waals surface area (Å²) in [6.07, 6.45) is 1.84. The Morgan fingerprint density at radius 3 is 2.89 bits per heavy atom. The molecule has 0 aromatic heterocycles. The third-order valence-electron chi connectivity index (χ3n) is 2.40. The van der Waals surface area contributed by atoms with Gasteiger partial charge in [0, 0.05) is 12.1 Å². The summed E-state index contributed by atoms with van der Waals surface area (Å²) in [5.41, 5.74) is 6.31. The number of methoxy groups -OCH3 is 1. The first-order valence-electron chi connectivity index (χ1n) is 5.67. The van der Waals surface area contributed by atoms with Gasteiger partial charge in [-0.15, -0.1) is 0 Å². The second-order valence-corrected chi connectivity index (χ2v) is 3.68. The van der Waals surface area contributed by atoms with Crippen LogP contribution < -0.4 is 10.5 Å². The molecule has 0 fully saturated rings. The Morgan fingerprint density at radius 2 is 2.22 bits per heavy atom. The topological polar surface area (TPSA) is 85.3 Å². The van der Waals surface area contributed by atoms with Crippen molar-refractivity contribution in [2.45, 2.75) is 19.3 Å². The number of anilines is 1. The molecule has 0 saturated heterocycles. The number of hydrogen-bond donors (Lipinski definition) is 1. The van der Waals surface area contributed by atoms with E-state index in [-0.39, 0.29) is 12.2 Å². The van der Waals surface area contributed by atoms with Crippen molar-refractivity contribution in [3.63, 3.8) is 0 Å². The van der Waals surface area contributed by atoms with Crippen LogP contribution in [0.1, 0.15) is 29.6 Å². The molecule has 0 atom stereocenters. The van der Waals surface area contributed by atoms with Crippen LogP contribution in [0.25, 0.3) is 0 Å². The molecule has 0 unspecified atom stereocenters. The maximum Gasteiger partial charge on any atom is 0.344 e. The summed E-state index contributed by atoms with van der Waals surface area (Å²) in [4.78, 5) is 11.8. The molecule has 0 radical (unpaired) electrons. The number of unbranched alkanes of at least 4 members (excludes halogenated alkanes) is 2. The minimum absolute atomic E-state index is 0.250. The Balaban J connectivity index is 2.59. The van der Waals surface area contributed by atoms with Gasteiger partial charge in [-0.05, 0) is 25.0 Å². The highest BCUT2D eigenvalue weighted by atomic mass is 16.5. The molecule has 5 nitrogen and oxygen atoms in total. The van der Waals surface area contributed by atoms with Crippen molar-refractivity contribution in [3.05, 3.63) is 23.8 Å². The fourth-order valence-electron chi connectivity index (χ4n) is 1.48. The molecule has 1 aromatic rings. The number of rotatable bonds is 6. The zero-order valence-electron chi connectivity index (χ0n) is 10.3. The molecule has 2 N–H and O–H groups in total. The van der Waals surface area contributed by atoms with E-state index in [1.54, 1.807) is 18.2 Å². The van der Waals surface area contributed by atoms with Crippen molar-refractivity contribution < 1.29 is 14.3 Å². The monoisotopic (exact) mass is 248 g/mol. The number of ether oxygens (including phenoxy) is 2. The second-order valence-electron chi connectivity index (χ2n) is 3.68. The number of nitrogens with zero attached hydrogens (tertiary/aromatic N) is 1. The average Bonchev–Trinajstić information content (AvgIpc) is 2.37. The van der Waals surface area contributed by atoms with Gasteiger partial charge in [-0.2, -0.15) is 5.26 Å². The first-order chi connectivity index (χ1) is 8.70. The Kier molecular flexibility index (Phi) is 5.52. The van der Waals surface area contributed by atoms with Crippen molar-refractivity contribution in [3.8, 4) is 11.8 Å². The predicted octanol–water partition coefficient (Wildman–Crippen LogP) is 2.13. The van der Waals surface area contributed by atoms with Gasteiger partial charge in [0.1, 0.15) is 11.3 Å². The van der Waals surface area contributed by atoms with Gasteiger partial charge in [0.15, 0.2) is 0 Å². The first-order valence-corrected chi connectivity index (χ1v) is 5.67. The maximum absolute atomic E-state index is 11.8. The molecule has 1 rings (SSSR count). The van der Waals surface area contributed by atoms with Gasteiger partial charge in [-0.1, -0.05) is 6.07 Å². The third kappa shape index (κ3) is 3.67. The van der Waals surface area contributed by atoms with E-state index in [1.807, 2.05) is 6.07 Å². The number of nitrogens with two attached hydrogens (primary N) is 1. The summed E-state index contributed by atoms with van der Waals surface area (Å²) in [6.45, 7) is 0.276. The van der Waals surface area contributed by atoms with Crippen LogP contribution in [-0.4, -0.2) is 19.7 Å². The lowest BCUT2D eigenvalue weighted by molar-refractivity contribution is 0.0496. The molecule has 0 aliphatic carbocycles. The molecular weight excluding hydrogens is 232 g/mol. The molecule has 0 amide bonds. The number of carbonyl (C=O) groups excluding carboxylic acids is 1. The van der Waals surface area contributed by atoms with Gasteiger partial charge in [-0.3, -0.25) is 0 Å². The number of carbonyl (C=O) groups is 1. The molecule has 18 heavy (non-hydrogen) atoms. The minimum atomic E-state index is -0.498. The molecule has 0 bridgehead atoms. The lowest BCUT2D eigenvalue weighted by atomic mass is 10.1. The van der Waals surface area contributed by atoms with Crippen molar-refractivity contribution in [1.29, 1.82) is 5.26 Å². The lowest BCUT2D eigenvalue weighted by Crippen LogP contribution is -2.11. The number of esters is 1. The summed E-state index contributed by atoms with van der Waals surface area (Å²) < 4.78 is 10.2. The fourth-order valence-corrected chi connectivity index (χ4v) is 1.48. The summed E-state index contributed by atoms with van der Waals surface area (Å²) in [7, 11) is 1.47. The number of nitriles is 1. The van der Waals surface area contributed by atoms with Crippen molar-refractivity contribution >= 4 is 11.7 Å². The van der Waals surface area contributed by atoms with Gasteiger partial charge < -0.3 is 15.2 Å². The van der Waals surface area contributed by atoms with Crippen LogP contribution >= 0.6 is 0 Å². The summed E-state index contributed by atoms with van der Waals surface area (Å²) in [5.74, 6) is -0.0982. The highest BCUT2D eigenvalue weighted by Gasteiger charge is 2.16. The highest BCUT2D eigenvalue weighted by Crippen LogP contribution is 2.24. The number of nitrogen functional groups attached to an aromatic ring is 1. The van der Waals surface area contributed by atoms with Crippen LogP contribution in [0, 0.1) is 11.3 Å². The molecule has 0 aliphatic rings. The summed E-state index contributed by atoms with van der Waals surface area (Å²) in [6, 6.07) is 7.02. The average molecular weight is 248 g/mol. The molecule has 5 heteroatoms. The van der Waals surface area contributed by atoms with Crippen LogP contribution in [0.3, 0.4) is 0 Å². The predicted molar refractivity (Wildman–Crippen MR) is 67.2 cm³/mol. The SMILES string of the molecule is COc1cccc(N)c1C(=O)OCCCCC#N. The molecule has 0 spiro atoms. The first kappa shape index (κ1) is 13.8. The molecule has 0 saturated carbocycles. The summed E-state index contributed by atoms with van der Waals surface area (Å²) >= 11 is 0. The quantitative estimate of drug-likeness (QED) is 0.473. The van der Waals surface area contributed by atoms with Crippen LogP contribution in [0.2, 0.25) is 0 Å². The van der Waals surface area contributed by atoms with Gasteiger partial charge in [0.05, 0.1) is 19.8 Å². The van der Waals surface area contributed by atoms with Crippen molar-refractivity contribution in [2.75, 3.05) is 19.5 Å². The van der Waals surface area contributed by atoms with E-state index in [1.165, 1.54) is 7.11 Å². The highest BCUT2D eigenvalue weighted by molar-refractivity contribution is 5.98. The Morgan fingerprint density at radius 1 is 1.44 bits per heavy atom. The maximum atomic E-state index is 11.8. The van der Waals surface area contributed by atoms with E-state index >= 15 is 0 Å². The van der Waals surface area contributed by atoms with Gasteiger partial charge in [0.25, 0.3) is 0 Å². The van der Waals surface area contributed by atoms with Crippen LogP contribution in [0.5, 0.6) is 5.75 Å². The lowest BCUT2D eigenvalue weighted by Gasteiger charge is -2.10. The van der Waals surface area contributed by atoms with Crippen LogP contribution in [0.15, 0.2) is 18.2 Å². The molecule has 96 valence electrons. The Hall–Kier alpha value is -2.22. The Labute approximate surface area is 106 Å². The van der Waals surface area contributed by atoms with E-state index in [0.717, 1.165) is 0 Å². The smallest absolute Gasteiger partial charge is 0.344 e. The van der Waals surface area contributed by atoms with Crippen molar-refractivity contribution in [2.24, 2.45) is 0 Å². The minimum Gasteiger partial charge on any atom is -0.496 e. The van der Waals surface area contributed by atoms with E-state index in [9.17, 15) is 4.79 Å². The molecule has 0 heterocycles. The third-order valence-corrected chi connectivity index (χ3v) is 2.40. The van der Waals surface area contributed by atoms with Gasteiger partial charge >= 0.3 is 5.97 Å². The number of benzene rings is 1. The van der Waals surface area contributed by atoms with E-state index in [4.69, 9.17) is 20.5 Å². The zero-order valence-corrected chi connectivity index (χ0v) is 10.3. The normalized spacial score (nSPS) is 9.56. The zero-order chi connectivity index (χ0) is 13.4. The van der Waals surface area contributed by atoms with E-state index in [0.29, 0.717) is 30.7 Å².